The SMILES string of the molecule is C=CN(c1ccc2nn(C(CC)CC)nc2c1)c1ccccc1N(C)C. The van der Waals surface area contributed by atoms with Crippen molar-refractivity contribution in [2.45, 2.75) is 32.7 Å². The van der Waals surface area contributed by atoms with E-state index in [4.69, 9.17) is 5.10 Å². The zero-order valence-corrected chi connectivity index (χ0v) is 16.1. The van der Waals surface area contributed by atoms with Crippen molar-refractivity contribution in [3.8, 4) is 0 Å². The number of nitrogens with zero attached hydrogens (tertiary/aromatic N) is 5. The lowest BCUT2D eigenvalue weighted by molar-refractivity contribution is 0.386. The third-order valence-electron chi connectivity index (χ3n) is 4.73. The Kier molecular flexibility index (Phi) is 5.26. The highest BCUT2D eigenvalue weighted by molar-refractivity contribution is 5.84. The number of anilines is 3. The van der Waals surface area contributed by atoms with Gasteiger partial charge in [-0.2, -0.15) is 15.0 Å². The Morgan fingerprint density at radius 2 is 1.65 bits per heavy atom. The van der Waals surface area contributed by atoms with Gasteiger partial charge in [-0.3, -0.25) is 0 Å². The summed E-state index contributed by atoms with van der Waals surface area (Å²) >= 11 is 0. The van der Waals surface area contributed by atoms with Crippen molar-refractivity contribution in [2.75, 3.05) is 23.9 Å². The quantitative estimate of drug-likeness (QED) is 0.592. The number of aromatic nitrogens is 3. The van der Waals surface area contributed by atoms with E-state index < -0.39 is 0 Å². The van der Waals surface area contributed by atoms with Gasteiger partial charge in [-0.05, 0) is 43.2 Å². The van der Waals surface area contributed by atoms with Crippen LogP contribution in [0, 0.1) is 0 Å². The minimum absolute atomic E-state index is 0.343. The van der Waals surface area contributed by atoms with E-state index in [9.17, 15) is 0 Å². The average Bonchev–Trinajstić information content (AvgIpc) is 3.07. The van der Waals surface area contributed by atoms with E-state index >= 15 is 0 Å². The summed E-state index contributed by atoms with van der Waals surface area (Å²) in [7, 11) is 4.09. The molecular formula is C21H27N5. The van der Waals surface area contributed by atoms with Crippen LogP contribution in [0.4, 0.5) is 17.1 Å². The molecular weight excluding hydrogens is 322 g/mol. The third kappa shape index (κ3) is 3.29. The van der Waals surface area contributed by atoms with Crippen LogP contribution in [0.2, 0.25) is 0 Å². The fourth-order valence-corrected chi connectivity index (χ4v) is 3.24. The first-order valence-electron chi connectivity index (χ1n) is 9.13. The van der Waals surface area contributed by atoms with E-state index in [0.29, 0.717) is 6.04 Å². The minimum atomic E-state index is 0.343. The number of benzene rings is 2. The Labute approximate surface area is 155 Å². The zero-order chi connectivity index (χ0) is 18.7. The second-order valence-electron chi connectivity index (χ2n) is 6.60. The van der Waals surface area contributed by atoms with Crippen LogP contribution < -0.4 is 9.80 Å². The maximum atomic E-state index is 4.72. The van der Waals surface area contributed by atoms with Crippen molar-refractivity contribution in [3.63, 3.8) is 0 Å². The molecule has 136 valence electrons. The average molecular weight is 349 g/mol. The van der Waals surface area contributed by atoms with Crippen LogP contribution in [0.25, 0.3) is 11.0 Å². The molecule has 0 aliphatic rings. The first-order valence-corrected chi connectivity index (χ1v) is 9.13. The summed E-state index contributed by atoms with van der Waals surface area (Å²) in [5.41, 5.74) is 5.07. The maximum absolute atomic E-state index is 4.72. The number of fused-ring (bicyclic) bond motifs is 1. The summed E-state index contributed by atoms with van der Waals surface area (Å²) in [6.45, 7) is 8.36. The molecule has 0 amide bonds. The van der Waals surface area contributed by atoms with Gasteiger partial charge in [0.2, 0.25) is 0 Å². The molecule has 1 aromatic heterocycles. The molecule has 0 fully saturated rings. The monoisotopic (exact) mass is 349 g/mol. The van der Waals surface area contributed by atoms with Gasteiger partial charge in [-0.1, -0.05) is 32.6 Å². The molecule has 0 aliphatic carbocycles. The number of hydrogen-bond acceptors (Lipinski definition) is 4. The Balaban J connectivity index is 2.04. The zero-order valence-electron chi connectivity index (χ0n) is 16.1. The second-order valence-corrected chi connectivity index (χ2v) is 6.60. The maximum Gasteiger partial charge on any atom is 0.115 e. The Bertz CT molecular complexity index is 892. The van der Waals surface area contributed by atoms with Crippen LogP contribution in [0.3, 0.4) is 0 Å². The Hall–Kier alpha value is -2.82. The largest absolute Gasteiger partial charge is 0.376 e. The van der Waals surface area contributed by atoms with Gasteiger partial charge in [-0.25, -0.2) is 0 Å². The molecule has 0 radical (unpaired) electrons. The van der Waals surface area contributed by atoms with Crippen LogP contribution in [0.1, 0.15) is 32.7 Å². The molecule has 0 unspecified atom stereocenters. The van der Waals surface area contributed by atoms with Crippen molar-refractivity contribution < 1.29 is 0 Å². The molecule has 0 spiro atoms. The first-order chi connectivity index (χ1) is 12.6. The molecule has 0 bridgehead atoms. The predicted molar refractivity (Wildman–Crippen MR) is 110 cm³/mol. The minimum Gasteiger partial charge on any atom is -0.376 e. The van der Waals surface area contributed by atoms with Gasteiger partial charge in [0.05, 0.1) is 17.4 Å². The summed E-state index contributed by atoms with van der Waals surface area (Å²) in [6, 6.07) is 14.8. The van der Waals surface area contributed by atoms with Crippen molar-refractivity contribution in [1.82, 2.24) is 15.0 Å². The smallest absolute Gasteiger partial charge is 0.115 e. The molecule has 0 N–H and O–H groups in total. The van der Waals surface area contributed by atoms with E-state index in [1.54, 1.807) is 0 Å². The molecule has 2 aromatic carbocycles. The normalized spacial score (nSPS) is 11.1. The van der Waals surface area contributed by atoms with Gasteiger partial charge < -0.3 is 9.80 Å². The van der Waals surface area contributed by atoms with Crippen LogP contribution in [0.15, 0.2) is 55.2 Å². The van der Waals surface area contributed by atoms with Crippen LogP contribution in [-0.2, 0) is 0 Å². The molecule has 0 aliphatic heterocycles. The first kappa shape index (κ1) is 18.0. The van der Waals surface area contributed by atoms with Crippen molar-refractivity contribution in [1.29, 1.82) is 0 Å². The molecule has 0 saturated heterocycles. The van der Waals surface area contributed by atoms with E-state index in [0.717, 1.165) is 40.9 Å². The lowest BCUT2D eigenvalue weighted by atomic mass is 10.2. The fraction of sp³-hybridized carbons (Fsp3) is 0.333. The lowest BCUT2D eigenvalue weighted by Crippen LogP contribution is -2.15. The van der Waals surface area contributed by atoms with E-state index in [-0.39, 0.29) is 0 Å². The molecule has 0 saturated carbocycles. The van der Waals surface area contributed by atoms with E-state index in [2.05, 4.69) is 59.6 Å². The molecule has 26 heavy (non-hydrogen) atoms. The van der Waals surface area contributed by atoms with Gasteiger partial charge in [0, 0.05) is 26.0 Å². The lowest BCUT2D eigenvalue weighted by Gasteiger charge is -2.26. The molecule has 5 heteroatoms. The fourth-order valence-electron chi connectivity index (χ4n) is 3.24. The van der Waals surface area contributed by atoms with Gasteiger partial charge in [-0.15, -0.1) is 0 Å². The Morgan fingerprint density at radius 3 is 2.27 bits per heavy atom. The third-order valence-corrected chi connectivity index (χ3v) is 4.73. The van der Waals surface area contributed by atoms with Gasteiger partial charge >= 0.3 is 0 Å². The summed E-state index contributed by atoms with van der Waals surface area (Å²) in [5.74, 6) is 0. The molecule has 3 aromatic rings. The topological polar surface area (TPSA) is 37.2 Å². The van der Waals surface area contributed by atoms with E-state index in [1.165, 1.54) is 0 Å². The van der Waals surface area contributed by atoms with Gasteiger partial charge in [0.15, 0.2) is 0 Å². The van der Waals surface area contributed by atoms with Crippen LogP contribution in [0.5, 0.6) is 0 Å². The molecule has 5 nitrogen and oxygen atoms in total. The highest BCUT2D eigenvalue weighted by Crippen LogP contribution is 2.34. The Morgan fingerprint density at radius 1 is 1.00 bits per heavy atom. The van der Waals surface area contributed by atoms with E-state index in [1.807, 2.05) is 43.3 Å². The summed E-state index contributed by atoms with van der Waals surface area (Å²) in [4.78, 5) is 6.05. The second kappa shape index (κ2) is 7.60. The summed E-state index contributed by atoms with van der Waals surface area (Å²) in [6.07, 6.45) is 3.90. The standard InChI is InChI=1S/C21H27N5/c1-6-16(7-2)26-22-18-14-13-17(15-19(18)23-26)25(8-3)21-12-10-9-11-20(21)24(4)5/h8-16H,3,6-7H2,1-2,4-5H3. The molecule has 1 heterocycles. The van der Waals surface area contributed by atoms with Crippen LogP contribution >= 0.6 is 0 Å². The number of para-hydroxylation sites is 2. The summed E-state index contributed by atoms with van der Waals surface area (Å²) < 4.78 is 0. The molecule has 3 rings (SSSR count). The summed E-state index contributed by atoms with van der Waals surface area (Å²) in [5, 5.41) is 9.37. The van der Waals surface area contributed by atoms with Gasteiger partial charge in [0.25, 0.3) is 0 Å². The van der Waals surface area contributed by atoms with Crippen molar-refractivity contribution in [2.24, 2.45) is 0 Å². The van der Waals surface area contributed by atoms with Crippen LogP contribution in [-0.4, -0.2) is 29.1 Å². The highest BCUT2D eigenvalue weighted by Gasteiger charge is 2.15. The highest BCUT2D eigenvalue weighted by atomic mass is 15.5. The van der Waals surface area contributed by atoms with Crippen molar-refractivity contribution >= 4 is 28.1 Å². The number of rotatable bonds is 7. The van der Waals surface area contributed by atoms with Gasteiger partial charge in [0.1, 0.15) is 11.0 Å². The number of hydrogen-bond donors (Lipinski definition) is 0. The van der Waals surface area contributed by atoms with Crippen molar-refractivity contribution in [3.05, 3.63) is 55.2 Å². The predicted octanol–water partition coefficient (Wildman–Crippen LogP) is 5.14. The molecule has 0 atom stereocenters.